The molecule has 1 saturated carbocycles. The van der Waals surface area contributed by atoms with Gasteiger partial charge in [0.25, 0.3) is 0 Å². The van der Waals surface area contributed by atoms with Crippen molar-refractivity contribution in [3.63, 3.8) is 0 Å². The summed E-state index contributed by atoms with van der Waals surface area (Å²) in [5.74, 6) is 0.879. The summed E-state index contributed by atoms with van der Waals surface area (Å²) in [5.41, 5.74) is 7.11. The molecule has 0 radical (unpaired) electrons. The third kappa shape index (κ3) is 4.70. The number of benzene rings is 1. The van der Waals surface area contributed by atoms with E-state index in [9.17, 15) is 0 Å². The van der Waals surface area contributed by atoms with Gasteiger partial charge in [0, 0.05) is 30.7 Å². The molecule has 0 bridgehead atoms. The second-order valence-electron chi connectivity index (χ2n) is 5.62. The molecule has 21 heavy (non-hydrogen) atoms. The zero-order valence-electron chi connectivity index (χ0n) is 12.1. The van der Waals surface area contributed by atoms with Crippen molar-refractivity contribution in [1.82, 2.24) is 9.88 Å². The van der Waals surface area contributed by atoms with E-state index in [0.717, 1.165) is 19.0 Å². The van der Waals surface area contributed by atoms with Crippen LogP contribution in [0.25, 0.3) is 0 Å². The number of hydrogen-bond donors (Lipinski definition) is 1. The summed E-state index contributed by atoms with van der Waals surface area (Å²) in [4.78, 5) is 7.96. The van der Waals surface area contributed by atoms with Gasteiger partial charge in [-0.1, -0.05) is 36.8 Å². The maximum Gasteiger partial charge on any atom is 0.180 e. The molecule has 0 saturated heterocycles. The van der Waals surface area contributed by atoms with Crippen LogP contribution in [-0.2, 0) is 13.1 Å². The van der Waals surface area contributed by atoms with Crippen molar-refractivity contribution in [3.05, 3.63) is 47.0 Å². The number of rotatable bonds is 6. The standard InChI is InChI=1S/C16H21N3S.ClH/c17-16-18-9-15(20-16)12-19(11-14-7-4-8-14)10-13-5-2-1-3-6-13;/h1-3,5-6,9,14H,4,7-8,10-12H2,(H2,17,18);1H. The predicted octanol–water partition coefficient (Wildman–Crippen LogP) is 3.95. The fourth-order valence-electron chi connectivity index (χ4n) is 2.68. The number of nitrogens with two attached hydrogens (primary N) is 1. The van der Waals surface area contributed by atoms with E-state index in [4.69, 9.17) is 5.73 Å². The normalized spacial score (nSPS) is 14.7. The first-order valence-corrected chi connectivity index (χ1v) is 8.08. The third-order valence-electron chi connectivity index (χ3n) is 3.94. The monoisotopic (exact) mass is 323 g/mol. The van der Waals surface area contributed by atoms with Gasteiger partial charge in [0.2, 0.25) is 0 Å². The predicted molar refractivity (Wildman–Crippen MR) is 91.7 cm³/mol. The maximum absolute atomic E-state index is 5.73. The Bertz CT molecular complexity index is 539. The summed E-state index contributed by atoms with van der Waals surface area (Å²) in [7, 11) is 0. The average molecular weight is 324 g/mol. The number of nitrogens with zero attached hydrogens (tertiary/aromatic N) is 2. The third-order valence-corrected chi connectivity index (χ3v) is 4.75. The minimum Gasteiger partial charge on any atom is -0.375 e. The molecule has 1 heterocycles. The Morgan fingerprint density at radius 3 is 2.52 bits per heavy atom. The Morgan fingerprint density at radius 2 is 1.95 bits per heavy atom. The van der Waals surface area contributed by atoms with Crippen LogP contribution in [-0.4, -0.2) is 16.4 Å². The molecule has 114 valence electrons. The van der Waals surface area contributed by atoms with Gasteiger partial charge >= 0.3 is 0 Å². The lowest BCUT2D eigenvalue weighted by atomic mass is 9.85. The average Bonchev–Trinajstić information content (AvgIpc) is 2.80. The van der Waals surface area contributed by atoms with Gasteiger partial charge in [0.05, 0.1) is 0 Å². The van der Waals surface area contributed by atoms with Gasteiger partial charge in [-0.3, -0.25) is 4.90 Å². The van der Waals surface area contributed by atoms with Crippen LogP contribution < -0.4 is 5.73 Å². The summed E-state index contributed by atoms with van der Waals surface area (Å²) >= 11 is 1.60. The Balaban J connectivity index is 0.00000161. The van der Waals surface area contributed by atoms with Crippen molar-refractivity contribution in [3.8, 4) is 0 Å². The van der Waals surface area contributed by atoms with Crippen LogP contribution in [0.5, 0.6) is 0 Å². The highest BCUT2D eigenvalue weighted by atomic mass is 35.5. The first kappa shape index (κ1) is 16.3. The van der Waals surface area contributed by atoms with E-state index in [0.29, 0.717) is 5.13 Å². The lowest BCUT2D eigenvalue weighted by Gasteiger charge is -2.32. The molecule has 0 aliphatic heterocycles. The zero-order valence-corrected chi connectivity index (χ0v) is 13.7. The molecule has 1 aromatic heterocycles. The first-order valence-electron chi connectivity index (χ1n) is 7.26. The summed E-state index contributed by atoms with van der Waals surface area (Å²) in [5, 5.41) is 0.670. The molecule has 0 atom stereocenters. The highest BCUT2D eigenvalue weighted by Gasteiger charge is 2.21. The summed E-state index contributed by atoms with van der Waals surface area (Å²) < 4.78 is 0. The van der Waals surface area contributed by atoms with Gasteiger partial charge < -0.3 is 5.73 Å². The molecule has 1 fully saturated rings. The number of nitrogen functional groups attached to an aromatic ring is 1. The molecule has 0 amide bonds. The molecule has 1 aromatic carbocycles. The van der Waals surface area contributed by atoms with Crippen LogP contribution >= 0.6 is 23.7 Å². The largest absolute Gasteiger partial charge is 0.375 e. The lowest BCUT2D eigenvalue weighted by molar-refractivity contribution is 0.166. The molecule has 1 aliphatic rings. The van der Waals surface area contributed by atoms with Crippen molar-refractivity contribution in [2.24, 2.45) is 5.92 Å². The number of hydrogen-bond acceptors (Lipinski definition) is 4. The van der Waals surface area contributed by atoms with E-state index >= 15 is 0 Å². The first-order chi connectivity index (χ1) is 9.79. The Kier molecular flexibility index (Phi) is 6.03. The molecule has 5 heteroatoms. The van der Waals surface area contributed by atoms with Gasteiger partial charge in [-0.05, 0) is 24.3 Å². The van der Waals surface area contributed by atoms with E-state index in [1.165, 1.54) is 36.2 Å². The summed E-state index contributed by atoms with van der Waals surface area (Å²) in [6, 6.07) is 10.7. The Morgan fingerprint density at radius 1 is 1.19 bits per heavy atom. The van der Waals surface area contributed by atoms with Crippen molar-refractivity contribution in [2.75, 3.05) is 12.3 Å². The van der Waals surface area contributed by atoms with Gasteiger partial charge in [0.15, 0.2) is 5.13 Å². The van der Waals surface area contributed by atoms with E-state index in [-0.39, 0.29) is 12.4 Å². The van der Waals surface area contributed by atoms with Crippen LogP contribution in [0.1, 0.15) is 29.7 Å². The van der Waals surface area contributed by atoms with E-state index in [1.54, 1.807) is 11.3 Å². The second kappa shape index (κ2) is 7.78. The second-order valence-corrected chi connectivity index (χ2v) is 6.76. The minimum absolute atomic E-state index is 0. The van der Waals surface area contributed by atoms with Crippen LogP contribution in [0, 0.1) is 5.92 Å². The molecule has 2 aromatic rings. The lowest BCUT2D eigenvalue weighted by Crippen LogP contribution is -2.31. The minimum atomic E-state index is 0. The number of halogens is 1. The summed E-state index contributed by atoms with van der Waals surface area (Å²) in [6.45, 7) is 3.15. The van der Waals surface area contributed by atoms with Crippen LogP contribution in [0.3, 0.4) is 0 Å². The van der Waals surface area contributed by atoms with Gasteiger partial charge in [-0.2, -0.15) is 0 Å². The van der Waals surface area contributed by atoms with Crippen LogP contribution in [0.2, 0.25) is 0 Å². The van der Waals surface area contributed by atoms with Gasteiger partial charge in [-0.25, -0.2) is 4.98 Å². The number of aromatic nitrogens is 1. The van der Waals surface area contributed by atoms with Crippen molar-refractivity contribution in [2.45, 2.75) is 32.4 Å². The van der Waals surface area contributed by atoms with E-state index < -0.39 is 0 Å². The fourth-order valence-corrected chi connectivity index (χ4v) is 3.41. The SMILES string of the molecule is Cl.Nc1ncc(CN(Cc2ccccc2)CC2CCC2)s1. The van der Waals surface area contributed by atoms with Gasteiger partial charge in [0.1, 0.15) is 0 Å². The smallest absolute Gasteiger partial charge is 0.180 e. The molecule has 3 nitrogen and oxygen atoms in total. The molecule has 0 unspecified atom stereocenters. The molecular formula is C16H22ClN3S. The Labute approximate surface area is 136 Å². The van der Waals surface area contributed by atoms with Crippen molar-refractivity contribution < 1.29 is 0 Å². The Hall–Kier alpha value is -1.10. The molecule has 1 aliphatic carbocycles. The zero-order chi connectivity index (χ0) is 13.8. The maximum atomic E-state index is 5.73. The van der Waals surface area contributed by atoms with Gasteiger partial charge in [-0.15, -0.1) is 23.7 Å². The van der Waals surface area contributed by atoms with Crippen LogP contribution in [0.4, 0.5) is 5.13 Å². The van der Waals surface area contributed by atoms with E-state index in [1.807, 2.05) is 6.20 Å². The highest BCUT2D eigenvalue weighted by molar-refractivity contribution is 7.15. The molecular weight excluding hydrogens is 302 g/mol. The van der Waals surface area contributed by atoms with E-state index in [2.05, 4.69) is 40.2 Å². The van der Waals surface area contributed by atoms with Crippen molar-refractivity contribution in [1.29, 1.82) is 0 Å². The molecule has 3 rings (SSSR count). The molecule has 0 spiro atoms. The van der Waals surface area contributed by atoms with Crippen LogP contribution in [0.15, 0.2) is 36.5 Å². The topological polar surface area (TPSA) is 42.1 Å². The quantitative estimate of drug-likeness (QED) is 0.875. The summed E-state index contributed by atoms with van der Waals surface area (Å²) in [6.07, 6.45) is 6.09. The fraction of sp³-hybridized carbons (Fsp3) is 0.438. The number of thiazole rings is 1. The van der Waals surface area contributed by atoms with Crippen molar-refractivity contribution >= 4 is 28.9 Å². The molecule has 2 N–H and O–H groups in total. The highest BCUT2D eigenvalue weighted by Crippen LogP contribution is 2.28. The number of anilines is 1.